The zero-order valence-corrected chi connectivity index (χ0v) is 11.1. The van der Waals surface area contributed by atoms with Crippen molar-refractivity contribution in [2.24, 2.45) is 23.7 Å². The van der Waals surface area contributed by atoms with Crippen LogP contribution in [0.15, 0.2) is 0 Å². The Labute approximate surface area is 104 Å². The third-order valence-corrected chi connectivity index (χ3v) is 4.72. The van der Waals surface area contributed by atoms with Crippen molar-refractivity contribution >= 4 is 11.6 Å². The van der Waals surface area contributed by atoms with E-state index in [-0.39, 0.29) is 23.7 Å². The number of carbonyl (C=O) groups excluding carboxylic acids is 2. The SMILES string of the molecule is CC1CCCC(CC2CCCC(C)C2=O)C1=O. The first-order chi connectivity index (χ1) is 8.09. The average Bonchev–Trinajstić information content (AvgIpc) is 2.31. The van der Waals surface area contributed by atoms with Crippen molar-refractivity contribution in [2.75, 3.05) is 0 Å². The molecule has 0 aromatic rings. The van der Waals surface area contributed by atoms with Crippen molar-refractivity contribution in [2.45, 2.75) is 58.8 Å². The molecule has 2 rings (SSSR count). The van der Waals surface area contributed by atoms with E-state index in [2.05, 4.69) is 0 Å². The summed E-state index contributed by atoms with van der Waals surface area (Å²) in [5.41, 5.74) is 0. The molecule has 0 spiro atoms. The minimum atomic E-state index is 0.179. The summed E-state index contributed by atoms with van der Waals surface area (Å²) in [5, 5.41) is 0. The molecule has 0 bridgehead atoms. The van der Waals surface area contributed by atoms with Crippen LogP contribution in [0.4, 0.5) is 0 Å². The zero-order valence-electron chi connectivity index (χ0n) is 11.1. The van der Waals surface area contributed by atoms with Gasteiger partial charge in [0.2, 0.25) is 0 Å². The molecular weight excluding hydrogens is 212 g/mol. The molecule has 2 aliphatic carbocycles. The lowest BCUT2D eigenvalue weighted by Gasteiger charge is -2.31. The summed E-state index contributed by atoms with van der Waals surface area (Å²) in [6.07, 6.45) is 7.28. The minimum absolute atomic E-state index is 0.179. The van der Waals surface area contributed by atoms with Crippen LogP contribution in [-0.4, -0.2) is 11.6 Å². The molecule has 0 radical (unpaired) electrons. The smallest absolute Gasteiger partial charge is 0.138 e. The topological polar surface area (TPSA) is 34.1 Å². The van der Waals surface area contributed by atoms with Crippen LogP contribution >= 0.6 is 0 Å². The third-order valence-electron chi connectivity index (χ3n) is 4.72. The van der Waals surface area contributed by atoms with Gasteiger partial charge in [-0.3, -0.25) is 9.59 Å². The van der Waals surface area contributed by atoms with Crippen LogP contribution in [0.2, 0.25) is 0 Å². The van der Waals surface area contributed by atoms with Gasteiger partial charge in [-0.25, -0.2) is 0 Å². The Hall–Kier alpha value is -0.660. The summed E-state index contributed by atoms with van der Waals surface area (Å²) < 4.78 is 0. The molecule has 2 nitrogen and oxygen atoms in total. The van der Waals surface area contributed by atoms with Gasteiger partial charge in [0.15, 0.2) is 0 Å². The van der Waals surface area contributed by atoms with Crippen LogP contribution < -0.4 is 0 Å². The van der Waals surface area contributed by atoms with E-state index in [9.17, 15) is 9.59 Å². The number of Topliss-reactive ketones (excluding diaryl/α,β-unsaturated/α-hetero) is 2. The summed E-state index contributed by atoms with van der Waals surface area (Å²) in [7, 11) is 0. The van der Waals surface area contributed by atoms with E-state index in [4.69, 9.17) is 0 Å². The standard InChI is InChI=1S/C15H24O2/c1-10-5-3-7-12(14(10)16)9-13-8-4-6-11(2)15(13)17/h10-13H,3-9H2,1-2H3. The molecule has 0 heterocycles. The Morgan fingerprint density at radius 2 is 1.24 bits per heavy atom. The van der Waals surface area contributed by atoms with E-state index in [1.165, 1.54) is 0 Å². The molecule has 2 heteroatoms. The maximum Gasteiger partial charge on any atom is 0.138 e. The van der Waals surface area contributed by atoms with Gasteiger partial charge in [0.1, 0.15) is 11.6 Å². The maximum atomic E-state index is 12.1. The Kier molecular flexibility index (Phi) is 4.01. The molecule has 0 aliphatic heterocycles. The van der Waals surface area contributed by atoms with E-state index in [1.54, 1.807) is 0 Å². The summed E-state index contributed by atoms with van der Waals surface area (Å²) >= 11 is 0. The molecule has 0 aromatic heterocycles. The quantitative estimate of drug-likeness (QED) is 0.736. The summed E-state index contributed by atoms with van der Waals surface area (Å²) in [5.74, 6) is 1.65. The van der Waals surface area contributed by atoms with Crippen LogP contribution in [0.3, 0.4) is 0 Å². The van der Waals surface area contributed by atoms with Crippen molar-refractivity contribution in [3.63, 3.8) is 0 Å². The number of rotatable bonds is 2. The second-order valence-corrected chi connectivity index (χ2v) is 6.10. The first kappa shape index (κ1) is 12.8. The monoisotopic (exact) mass is 236 g/mol. The molecule has 4 unspecified atom stereocenters. The van der Waals surface area contributed by atoms with Crippen LogP contribution in [0.25, 0.3) is 0 Å². The molecule has 17 heavy (non-hydrogen) atoms. The van der Waals surface area contributed by atoms with Gasteiger partial charge in [0, 0.05) is 23.7 Å². The van der Waals surface area contributed by atoms with Crippen molar-refractivity contribution in [3.05, 3.63) is 0 Å². The fraction of sp³-hybridized carbons (Fsp3) is 0.867. The van der Waals surface area contributed by atoms with Crippen LogP contribution in [0, 0.1) is 23.7 Å². The van der Waals surface area contributed by atoms with Crippen LogP contribution in [0.1, 0.15) is 58.8 Å². The van der Waals surface area contributed by atoms with Gasteiger partial charge in [0.25, 0.3) is 0 Å². The van der Waals surface area contributed by atoms with Gasteiger partial charge in [-0.15, -0.1) is 0 Å². The Balaban J connectivity index is 1.95. The highest BCUT2D eigenvalue weighted by Crippen LogP contribution is 2.35. The predicted molar refractivity (Wildman–Crippen MR) is 67.6 cm³/mol. The Morgan fingerprint density at radius 1 is 0.824 bits per heavy atom. The average molecular weight is 236 g/mol. The first-order valence-electron chi connectivity index (χ1n) is 7.17. The van der Waals surface area contributed by atoms with Crippen molar-refractivity contribution < 1.29 is 9.59 Å². The molecule has 2 aliphatic rings. The van der Waals surface area contributed by atoms with E-state index >= 15 is 0 Å². The Bertz CT molecular complexity index is 278. The van der Waals surface area contributed by atoms with Gasteiger partial charge in [-0.1, -0.05) is 26.7 Å². The number of carbonyl (C=O) groups is 2. The van der Waals surface area contributed by atoms with E-state index in [0.29, 0.717) is 11.6 Å². The van der Waals surface area contributed by atoms with Gasteiger partial charge in [0.05, 0.1) is 0 Å². The lowest BCUT2D eigenvalue weighted by atomic mass is 9.72. The fourth-order valence-electron chi connectivity index (χ4n) is 3.53. The van der Waals surface area contributed by atoms with Crippen LogP contribution in [0.5, 0.6) is 0 Å². The van der Waals surface area contributed by atoms with Crippen molar-refractivity contribution in [1.29, 1.82) is 0 Å². The maximum absolute atomic E-state index is 12.1. The highest BCUT2D eigenvalue weighted by Gasteiger charge is 2.34. The van der Waals surface area contributed by atoms with E-state index < -0.39 is 0 Å². The van der Waals surface area contributed by atoms with E-state index in [1.807, 2.05) is 13.8 Å². The second kappa shape index (κ2) is 5.32. The van der Waals surface area contributed by atoms with E-state index in [0.717, 1.165) is 44.9 Å². The normalized spacial score (nSPS) is 39.4. The molecule has 0 N–H and O–H groups in total. The highest BCUT2D eigenvalue weighted by atomic mass is 16.1. The largest absolute Gasteiger partial charge is 0.299 e. The number of ketones is 2. The number of hydrogen-bond acceptors (Lipinski definition) is 2. The molecule has 2 saturated carbocycles. The molecule has 0 saturated heterocycles. The molecule has 96 valence electrons. The molecular formula is C15H24O2. The van der Waals surface area contributed by atoms with Crippen molar-refractivity contribution in [3.8, 4) is 0 Å². The summed E-state index contributed by atoms with van der Waals surface area (Å²) in [6, 6.07) is 0. The van der Waals surface area contributed by atoms with Gasteiger partial charge < -0.3 is 0 Å². The highest BCUT2D eigenvalue weighted by molar-refractivity contribution is 5.87. The minimum Gasteiger partial charge on any atom is -0.299 e. The zero-order chi connectivity index (χ0) is 12.4. The Morgan fingerprint density at radius 3 is 1.65 bits per heavy atom. The summed E-state index contributed by atoms with van der Waals surface area (Å²) in [6.45, 7) is 4.08. The van der Waals surface area contributed by atoms with Gasteiger partial charge in [-0.05, 0) is 32.1 Å². The van der Waals surface area contributed by atoms with Gasteiger partial charge in [-0.2, -0.15) is 0 Å². The van der Waals surface area contributed by atoms with Crippen molar-refractivity contribution in [1.82, 2.24) is 0 Å². The molecule has 2 fully saturated rings. The second-order valence-electron chi connectivity index (χ2n) is 6.10. The third kappa shape index (κ3) is 2.78. The lowest BCUT2D eigenvalue weighted by molar-refractivity contribution is -0.132. The van der Waals surface area contributed by atoms with Crippen LogP contribution in [-0.2, 0) is 9.59 Å². The molecule has 0 aromatic carbocycles. The number of hydrogen-bond donors (Lipinski definition) is 0. The molecule has 0 amide bonds. The first-order valence-corrected chi connectivity index (χ1v) is 7.17. The summed E-state index contributed by atoms with van der Waals surface area (Å²) in [4.78, 5) is 24.2. The lowest BCUT2D eigenvalue weighted by Crippen LogP contribution is -2.33. The van der Waals surface area contributed by atoms with Gasteiger partial charge >= 0.3 is 0 Å². The fourth-order valence-corrected chi connectivity index (χ4v) is 3.53. The predicted octanol–water partition coefficient (Wildman–Crippen LogP) is 3.39. The molecule has 4 atom stereocenters.